The van der Waals surface area contributed by atoms with Crippen LogP contribution in [0.1, 0.15) is 5.69 Å². The zero-order chi connectivity index (χ0) is 30.6. The van der Waals surface area contributed by atoms with Crippen molar-refractivity contribution >= 4 is 75.1 Å². The van der Waals surface area contributed by atoms with Crippen LogP contribution in [0.3, 0.4) is 0 Å². The highest BCUT2D eigenvalue weighted by atomic mass is 32.2. The first kappa shape index (κ1) is 30.7. The number of thiazole rings is 1. The molecule has 2 aliphatic rings. The lowest BCUT2D eigenvalue weighted by Gasteiger charge is -2.47. The van der Waals surface area contributed by atoms with Gasteiger partial charge >= 0.3 is 18.1 Å². The molecule has 0 spiro atoms. The molecule has 0 bridgehead atoms. The molecule has 0 aliphatic carbocycles. The lowest BCUT2D eigenvalue weighted by molar-refractivity contribution is -0.167. The maximum absolute atomic E-state index is 12.9. The summed E-state index contributed by atoms with van der Waals surface area (Å²) in [4.78, 5) is 57.8. The normalized spacial score (nSPS) is 19.0. The van der Waals surface area contributed by atoms with Gasteiger partial charge in [0.1, 0.15) is 24.2 Å². The summed E-state index contributed by atoms with van der Waals surface area (Å²) in [7, 11) is 1.13. The van der Waals surface area contributed by atoms with E-state index in [1.165, 1.54) is 22.0 Å². The van der Waals surface area contributed by atoms with Crippen molar-refractivity contribution in [2.24, 2.45) is 10.3 Å². The van der Waals surface area contributed by atoms with Gasteiger partial charge in [0.15, 0.2) is 16.6 Å². The highest BCUT2D eigenvalue weighted by Crippen LogP contribution is 2.37. The zero-order valence-electron chi connectivity index (χ0n) is 20.8. The van der Waals surface area contributed by atoms with Gasteiger partial charge in [-0.05, 0) is 16.0 Å². The van der Waals surface area contributed by atoms with Crippen LogP contribution in [-0.4, -0.2) is 112 Å². The number of nitrogens with one attached hydrogen (secondary N) is 2. The van der Waals surface area contributed by atoms with Crippen LogP contribution in [-0.2, 0) is 30.6 Å². The number of carbonyl (C=O) groups is 4. The van der Waals surface area contributed by atoms with E-state index in [4.69, 9.17) is 10.3 Å². The number of aliphatic carboxylic acids is 1. The molecule has 17 nitrogen and oxygen atoms in total. The van der Waals surface area contributed by atoms with E-state index in [0.717, 1.165) is 29.1 Å². The van der Waals surface area contributed by atoms with Crippen LogP contribution in [0.15, 0.2) is 32.6 Å². The second kappa shape index (κ2) is 12.7. The molecule has 2 atom stereocenters. The van der Waals surface area contributed by atoms with Crippen molar-refractivity contribution in [3.63, 3.8) is 0 Å². The topological polar surface area (TPSA) is 226 Å². The summed E-state index contributed by atoms with van der Waals surface area (Å²) in [6.07, 6.45) is -3.52. The average Bonchev–Trinajstić information content (AvgIpc) is 3.60. The van der Waals surface area contributed by atoms with E-state index < -0.39 is 57.8 Å². The van der Waals surface area contributed by atoms with Gasteiger partial charge in [-0.25, -0.2) is 14.5 Å². The van der Waals surface area contributed by atoms with Crippen molar-refractivity contribution in [3.8, 4) is 0 Å². The van der Waals surface area contributed by atoms with Gasteiger partial charge in [-0.15, -0.1) is 28.2 Å². The number of anilines is 1. The molecule has 42 heavy (non-hydrogen) atoms. The second-order valence-electron chi connectivity index (χ2n) is 8.06. The molecular weight excluding hydrogens is 633 g/mol. The lowest BCUT2D eigenvalue weighted by Crippen LogP contribution is -2.69. The maximum atomic E-state index is 12.9. The number of β-lactam (4-membered cyclic amide) rings is 1. The van der Waals surface area contributed by atoms with Crippen molar-refractivity contribution in [3.05, 3.63) is 22.8 Å². The summed E-state index contributed by atoms with van der Waals surface area (Å²) in [6.45, 7) is -0.373. The second-order valence-corrected chi connectivity index (χ2v) is 11.0. The number of tetrazole rings is 1. The Kier molecular flexibility index (Phi) is 9.30. The monoisotopic (exact) mass is 650 g/mol. The fraction of sp³-hybridized carbons (Fsp3) is 0.368. The number of rotatable bonds is 11. The summed E-state index contributed by atoms with van der Waals surface area (Å²) in [6, 6.07) is -0.947. The first-order valence-corrected chi connectivity index (χ1v) is 14.1. The number of carboxylic acids is 1. The third kappa shape index (κ3) is 6.79. The predicted molar refractivity (Wildman–Crippen MR) is 139 cm³/mol. The molecule has 2 aromatic heterocycles. The van der Waals surface area contributed by atoms with Gasteiger partial charge in [0.2, 0.25) is 5.16 Å². The number of halogens is 3. The number of aromatic nitrogens is 5. The van der Waals surface area contributed by atoms with Gasteiger partial charge in [0.05, 0.1) is 6.54 Å². The first-order chi connectivity index (χ1) is 19.9. The Bertz CT molecular complexity index is 1490. The summed E-state index contributed by atoms with van der Waals surface area (Å²) < 4.78 is 38.7. The van der Waals surface area contributed by atoms with E-state index in [9.17, 15) is 32.3 Å². The Hall–Kier alpha value is -4.25. The van der Waals surface area contributed by atoms with Crippen molar-refractivity contribution < 1.29 is 47.5 Å². The molecule has 4 heterocycles. The predicted octanol–water partition coefficient (Wildman–Crippen LogP) is -0.0282. The van der Waals surface area contributed by atoms with E-state index in [1.54, 1.807) is 11.5 Å². The van der Waals surface area contributed by atoms with E-state index in [2.05, 4.69) is 41.0 Å². The third-order valence-electron chi connectivity index (χ3n) is 5.30. The summed E-state index contributed by atoms with van der Waals surface area (Å²) in [5.41, 5.74) is -0.364. The molecule has 1 unspecified atom stereocenters. The minimum Gasteiger partial charge on any atom is -0.477 e. The fourth-order valence-corrected chi connectivity index (χ4v) is 6.31. The van der Waals surface area contributed by atoms with Crippen molar-refractivity contribution in [1.82, 2.24) is 35.4 Å². The van der Waals surface area contributed by atoms with Crippen molar-refractivity contribution in [2.45, 2.75) is 29.3 Å². The smallest absolute Gasteiger partial charge is 0.471 e. The summed E-state index contributed by atoms with van der Waals surface area (Å²) >= 11 is 3.14. The number of carboxylic acid groups (broad SMARTS) is 1. The van der Waals surface area contributed by atoms with Crippen molar-refractivity contribution in [1.29, 1.82) is 0 Å². The largest absolute Gasteiger partial charge is 0.477 e. The first-order valence-electron chi connectivity index (χ1n) is 11.2. The molecule has 23 heteroatoms. The van der Waals surface area contributed by atoms with Gasteiger partial charge in [-0.2, -0.15) is 13.2 Å². The molecule has 224 valence electrons. The molecule has 3 amide bonds. The zero-order valence-corrected chi connectivity index (χ0v) is 23.3. The number of thioether (sulfide) groups is 2. The highest BCUT2D eigenvalue weighted by molar-refractivity contribution is 8.01. The fourth-order valence-electron chi connectivity index (χ4n) is 3.39. The summed E-state index contributed by atoms with van der Waals surface area (Å²) in [5.74, 6) is -4.20. The molecule has 0 aromatic carbocycles. The molecule has 1 fully saturated rings. The van der Waals surface area contributed by atoms with Crippen LogP contribution in [0.25, 0.3) is 0 Å². The van der Waals surface area contributed by atoms with E-state index in [1.807, 2.05) is 0 Å². The molecule has 2 aromatic rings. The van der Waals surface area contributed by atoms with Crippen LogP contribution in [0.4, 0.5) is 18.3 Å². The van der Waals surface area contributed by atoms with Crippen LogP contribution >= 0.6 is 34.9 Å². The van der Waals surface area contributed by atoms with Gasteiger partial charge in [0, 0.05) is 23.1 Å². The van der Waals surface area contributed by atoms with E-state index >= 15 is 0 Å². The molecule has 0 saturated carbocycles. The molecular formula is C19H17F3N10O7S3. The molecule has 2 aliphatic heterocycles. The number of fused-ring (bicyclic) bond motifs is 1. The number of amides is 3. The number of oxime groups is 2. The third-order valence-corrected chi connectivity index (χ3v) is 8.50. The molecule has 4 rings (SSSR count). The van der Waals surface area contributed by atoms with Gasteiger partial charge < -0.3 is 25.4 Å². The molecule has 1 saturated heterocycles. The SMILES string of the molecule is CON=C(C(=O)NC1C(=O)N2C=C(CSc3nnnn3CC(=NO)C(=O)O)CS[C@H]12)c1csc(NC(=O)C(F)(F)F)n1. The Balaban J connectivity index is 1.35. The quantitative estimate of drug-likeness (QED) is 0.0825. The Labute approximate surface area is 244 Å². The Morgan fingerprint density at radius 2 is 2.10 bits per heavy atom. The average molecular weight is 651 g/mol. The standard InChI is InChI=1S/C19H17F3N10O7S3/c1-39-28-10(9-6-41-17(23-9)25-16(37)19(20,21)22)12(33)24-11-13(34)31-2-7(4-40-14(11)31)5-42-18-26-29-30-32(18)3-8(27-38)15(35)36/h2,6,11,14,38H,3-5H2,1H3,(H,24,33)(H,35,36)(H,23,25,37)/t11?,14-/m1/s1. The van der Waals surface area contributed by atoms with Crippen LogP contribution < -0.4 is 10.6 Å². The van der Waals surface area contributed by atoms with Crippen LogP contribution in [0, 0.1) is 0 Å². The van der Waals surface area contributed by atoms with Crippen molar-refractivity contribution in [2.75, 3.05) is 23.9 Å². The number of hydrogen-bond acceptors (Lipinski definition) is 15. The number of carbonyl (C=O) groups excluding carboxylic acids is 3. The number of hydrogen-bond donors (Lipinski definition) is 4. The Morgan fingerprint density at radius 1 is 1.33 bits per heavy atom. The van der Waals surface area contributed by atoms with Gasteiger partial charge in [-0.3, -0.25) is 19.7 Å². The molecule has 4 N–H and O–H groups in total. The number of alkyl halides is 3. The minimum atomic E-state index is -5.13. The maximum Gasteiger partial charge on any atom is 0.471 e. The van der Waals surface area contributed by atoms with E-state index in [0.29, 0.717) is 22.8 Å². The highest BCUT2D eigenvalue weighted by Gasteiger charge is 2.50. The number of nitrogens with zero attached hydrogens (tertiary/aromatic N) is 8. The van der Waals surface area contributed by atoms with E-state index in [-0.39, 0.29) is 17.4 Å². The van der Waals surface area contributed by atoms with Gasteiger partial charge in [-0.1, -0.05) is 22.1 Å². The van der Waals surface area contributed by atoms with Crippen LogP contribution in [0.5, 0.6) is 0 Å². The van der Waals surface area contributed by atoms with Crippen LogP contribution in [0.2, 0.25) is 0 Å². The van der Waals surface area contributed by atoms with Gasteiger partial charge in [0.25, 0.3) is 11.8 Å². The lowest BCUT2D eigenvalue weighted by atomic mass is 10.1. The Morgan fingerprint density at radius 3 is 2.76 bits per heavy atom. The molecule has 0 radical (unpaired) electrons. The minimum absolute atomic E-state index is 0.181. The summed E-state index contributed by atoms with van der Waals surface area (Å²) in [5, 5.41) is 39.8.